The largest absolute Gasteiger partial charge is 0.144 e. The molecular formula is C16H17BrS. The molecule has 94 valence electrons. The highest BCUT2D eigenvalue weighted by Gasteiger charge is 2.10. The summed E-state index contributed by atoms with van der Waals surface area (Å²) < 4.78 is 0. The molecule has 18 heavy (non-hydrogen) atoms. The van der Waals surface area contributed by atoms with Crippen molar-refractivity contribution in [1.29, 1.82) is 0 Å². The third-order valence-electron chi connectivity index (χ3n) is 3.00. The lowest BCUT2D eigenvalue weighted by atomic mass is 9.97. The van der Waals surface area contributed by atoms with Crippen molar-refractivity contribution in [1.82, 2.24) is 0 Å². The molecule has 0 fully saturated rings. The maximum atomic E-state index is 3.51. The lowest BCUT2D eigenvalue weighted by Crippen LogP contribution is -1.91. The number of hydrogen-bond acceptors (Lipinski definition) is 1. The summed E-state index contributed by atoms with van der Waals surface area (Å²) >= 11 is 5.34. The van der Waals surface area contributed by atoms with Gasteiger partial charge < -0.3 is 0 Å². The second kappa shape index (κ2) is 6.35. The minimum Gasteiger partial charge on any atom is -0.144 e. The lowest BCUT2D eigenvalue weighted by molar-refractivity contribution is 1.26. The first-order chi connectivity index (χ1) is 8.74. The van der Waals surface area contributed by atoms with E-state index in [2.05, 4.69) is 71.6 Å². The molecule has 0 radical (unpaired) electrons. The minimum atomic E-state index is 1.01. The van der Waals surface area contributed by atoms with E-state index < -0.39 is 0 Å². The number of allylic oxidation sites excluding steroid dienone is 1. The molecule has 0 aliphatic carbocycles. The Morgan fingerprint density at radius 2 is 1.94 bits per heavy atom. The summed E-state index contributed by atoms with van der Waals surface area (Å²) in [6, 6.07) is 10.8. The molecule has 2 heteroatoms. The van der Waals surface area contributed by atoms with Crippen LogP contribution in [-0.4, -0.2) is 5.33 Å². The molecule has 0 saturated carbocycles. The van der Waals surface area contributed by atoms with Crippen molar-refractivity contribution in [2.45, 2.75) is 20.3 Å². The van der Waals surface area contributed by atoms with Crippen LogP contribution in [0.3, 0.4) is 0 Å². The SMILES string of the molecule is Cc1ccccc1C(=CCCBr)c1sccc1C. The molecule has 2 rings (SSSR count). The first-order valence-corrected chi connectivity index (χ1v) is 8.10. The number of hydrogen-bond donors (Lipinski definition) is 0. The van der Waals surface area contributed by atoms with Gasteiger partial charge in [-0.25, -0.2) is 0 Å². The van der Waals surface area contributed by atoms with Gasteiger partial charge in [0.1, 0.15) is 0 Å². The number of halogens is 1. The van der Waals surface area contributed by atoms with E-state index in [0.29, 0.717) is 0 Å². The highest BCUT2D eigenvalue weighted by atomic mass is 79.9. The Morgan fingerprint density at radius 1 is 1.17 bits per heavy atom. The summed E-state index contributed by atoms with van der Waals surface area (Å²) in [5.41, 5.74) is 5.43. The Bertz CT molecular complexity index is 552. The van der Waals surface area contributed by atoms with Crippen molar-refractivity contribution in [2.24, 2.45) is 0 Å². The van der Waals surface area contributed by atoms with E-state index in [0.717, 1.165) is 11.8 Å². The average Bonchev–Trinajstić information content (AvgIpc) is 2.78. The Labute approximate surface area is 121 Å². The van der Waals surface area contributed by atoms with Crippen LogP contribution in [0.2, 0.25) is 0 Å². The average molecular weight is 321 g/mol. The maximum Gasteiger partial charge on any atom is 0.0374 e. The Balaban J connectivity index is 2.51. The van der Waals surface area contributed by atoms with Crippen molar-refractivity contribution >= 4 is 32.8 Å². The zero-order valence-electron chi connectivity index (χ0n) is 10.7. The molecule has 0 atom stereocenters. The van der Waals surface area contributed by atoms with Gasteiger partial charge in [-0.15, -0.1) is 11.3 Å². The van der Waals surface area contributed by atoms with Crippen LogP contribution < -0.4 is 0 Å². The molecule has 0 bridgehead atoms. The fraction of sp³-hybridized carbons (Fsp3) is 0.250. The van der Waals surface area contributed by atoms with Gasteiger partial charge in [-0.2, -0.15) is 0 Å². The van der Waals surface area contributed by atoms with Crippen LogP contribution in [0.4, 0.5) is 0 Å². The molecule has 0 aliphatic heterocycles. The van der Waals surface area contributed by atoms with Gasteiger partial charge in [-0.1, -0.05) is 46.3 Å². The van der Waals surface area contributed by atoms with E-state index >= 15 is 0 Å². The molecule has 0 spiro atoms. The maximum absolute atomic E-state index is 3.51. The van der Waals surface area contributed by atoms with Crippen LogP contribution >= 0.6 is 27.3 Å². The second-order valence-electron chi connectivity index (χ2n) is 4.34. The van der Waals surface area contributed by atoms with Gasteiger partial charge in [0.25, 0.3) is 0 Å². The Hall–Kier alpha value is -0.860. The number of benzene rings is 1. The fourth-order valence-corrected chi connectivity index (χ4v) is 3.26. The van der Waals surface area contributed by atoms with Gasteiger partial charge in [0, 0.05) is 10.2 Å². The highest BCUT2D eigenvalue weighted by molar-refractivity contribution is 9.09. The van der Waals surface area contributed by atoms with Crippen LogP contribution in [-0.2, 0) is 0 Å². The van der Waals surface area contributed by atoms with Crippen molar-refractivity contribution in [3.63, 3.8) is 0 Å². The number of rotatable bonds is 4. The van der Waals surface area contributed by atoms with E-state index in [1.807, 2.05) is 11.3 Å². The zero-order chi connectivity index (χ0) is 13.0. The van der Waals surface area contributed by atoms with Crippen molar-refractivity contribution in [3.05, 3.63) is 63.4 Å². The first kappa shape index (κ1) is 13.6. The monoisotopic (exact) mass is 320 g/mol. The molecule has 1 aromatic carbocycles. The van der Waals surface area contributed by atoms with Gasteiger partial charge in [0.15, 0.2) is 0 Å². The van der Waals surface area contributed by atoms with Gasteiger partial charge in [-0.3, -0.25) is 0 Å². The summed E-state index contributed by atoms with van der Waals surface area (Å²) in [6.07, 6.45) is 3.40. The van der Waals surface area contributed by atoms with Crippen LogP contribution in [0, 0.1) is 13.8 Å². The van der Waals surface area contributed by atoms with Crippen LogP contribution in [0.5, 0.6) is 0 Å². The van der Waals surface area contributed by atoms with Crippen molar-refractivity contribution in [3.8, 4) is 0 Å². The van der Waals surface area contributed by atoms with E-state index in [1.54, 1.807) is 0 Å². The zero-order valence-corrected chi connectivity index (χ0v) is 13.1. The molecule has 0 aliphatic rings. The predicted molar refractivity (Wildman–Crippen MR) is 85.7 cm³/mol. The van der Waals surface area contributed by atoms with Crippen LogP contribution in [0.1, 0.15) is 28.0 Å². The third kappa shape index (κ3) is 2.93. The van der Waals surface area contributed by atoms with Gasteiger partial charge >= 0.3 is 0 Å². The van der Waals surface area contributed by atoms with E-state index in [1.165, 1.54) is 27.1 Å². The van der Waals surface area contributed by atoms with E-state index in [-0.39, 0.29) is 0 Å². The Kier molecular flexibility index (Phi) is 4.79. The summed E-state index contributed by atoms with van der Waals surface area (Å²) in [5, 5.41) is 3.18. The summed E-state index contributed by atoms with van der Waals surface area (Å²) in [5.74, 6) is 0. The highest BCUT2D eigenvalue weighted by Crippen LogP contribution is 2.32. The summed E-state index contributed by atoms with van der Waals surface area (Å²) in [6.45, 7) is 4.37. The first-order valence-electron chi connectivity index (χ1n) is 6.10. The van der Waals surface area contributed by atoms with Gasteiger partial charge in [-0.05, 0) is 54.0 Å². The predicted octanol–water partition coefficient (Wildman–Crippen LogP) is 5.58. The molecule has 0 unspecified atom stereocenters. The van der Waals surface area contributed by atoms with Crippen molar-refractivity contribution in [2.75, 3.05) is 5.33 Å². The summed E-state index contributed by atoms with van der Waals surface area (Å²) in [4.78, 5) is 1.39. The second-order valence-corrected chi connectivity index (χ2v) is 6.05. The molecular weight excluding hydrogens is 304 g/mol. The quantitative estimate of drug-likeness (QED) is 0.645. The number of thiophene rings is 1. The topological polar surface area (TPSA) is 0 Å². The third-order valence-corrected chi connectivity index (χ3v) is 4.51. The molecule has 0 nitrogen and oxygen atoms in total. The fourth-order valence-electron chi connectivity index (χ4n) is 2.05. The Morgan fingerprint density at radius 3 is 2.56 bits per heavy atom. The molecule has 2 aromatic rings. The number of alkyl halides is 1. The minimum absolute atomic E-state index is 1.01. The summed E-state index contributed by atoms with van der Waals surface area (Å²) in [7, 11) is 0. The molecule has 0 amide bonds. The molecule has 0 N–H and O–H groups in total. The van der Waals surface area contributed by atoms with E-state index in [4.69, 9.17) is 0 Å². The number of aryl methyl sites for hydroxylation is 2. The van der Waals surface area contributed by atoms with Gasteiger partial charge in [0.05, 0.1) is 0 Å². The molecule has 0 saturated heterocycles. The van der Waals surface area contributed by atoms with Crippen molar-refractivity contribution < 1.29 is 0 Å². The standard InChI is InChI=1S/C16H17BrS/c1-12-6-3-4-7-14(12)15(8-5-10-17)16-13(2)9-11-18-16/h3-4,6-9,11H,5,10H2,1-2H3. The lowest BCUT2D eigenvalue weighted by Gasteiger charge is -2.10. The van der Waals surface area contributed by atoms with Gasteiger partial charge in [0.2, 0.25) is 0 Å². The molecule has 1 heterocycles. The van der Waals surface area contributed by atoms with Crippen LogP contribution in [0.25, 0.3) is 5.57 Å². The normalized spacial score (nSPS) is 11.8. The van der Waals surface area contributed by atoms with E-state index in [9.17, 15) is 0 Å². The smallest absolute Gasteiger partial charge is 0.0374 e. The molecule has 1 aromatic heterocycles. The van der Waals surface area contributed by atoms with Crippen LogP contribution in [0.15, 0.2) is 41.8 Å².